The van der Waals surface area contributed by atoms with E-state index in [-0.39, 0.29) is 5.60 Å². The van der Waals surface area contributed by atoms with Gasteiger partial charge in [-0.2, -0.15) is 0 Å². The number of piperidine rings is 2. The average molecular weight is 565 g/mol. The lowest BCUT2D eigenvalue weighted by Crippen LogP contribution is -2.44. The van der Waals surface area contributed by atoms with Crippen LogP contribution < -0.4 is 9.80 Å². The molecule has 0 N–H and O–H groups in total. The Hall–Kier alpha value is -3.04. The lowest BCUT2D eigenvalue weighted by molar-refractivity contribution is -0.0334. The lowest BCUT2D eigenvalue weighted by Gasteiger charge is -2.40. The van der Waals surface area contributed by atoms with E-state index in [1.807, 2.05) is 35.2 Å². The van der Waals surface area contributed by atoms with Gasteiger partial charge in [-0.05, 0) is 62.8 Å². The summed E-state index contributed by atoms with van der Waals surface area (Å²) >= 11 is 3.65. The van der Waals surface area contributed by atoms with Crippen LogP contribution in [0.15, 0.2) is 66.4 Å². The maximum absolute atomic E-state index is 6.06. The number of ether oxygens (including phenoxy) is 1. The maximum atomic E-state index is 6.06. The molecule has 8 nitrogen and oxygen atoms in total. The lowest BCUT2D eigenvalue weighted by atomic mass is 9.93. The van der Waals surface area contributed by atoms with Crippen molar-refractivity contribution < 1.29 is 4.74 Å². The zero-order valence-electron chi connectivity index (χ0n) is 21.4. The Morgan fingerprint density at radius 1 is 1.11 bits per heavy atom. The normalized spacial score (nSPS) is 19.6. The van der Waals surface area contributed by atoms with Crippen LogP contribution in [-0.4, -0.2) is 63.3 Å². The number of hydrogen-bond donors (Lipinski definition) is 0. The first kappa shape index (κ1) is 25.6. The highest BCUT2D eigenvalue weighted by molar-refractivity contribution is 9.10. The van der Waals surface area contributed by atoms with Gasteiger partial charge in [0.2, 0.25) is 5.95 Å². The summed E-state index contributed by atoms with van der Waals surface area (Å²) in [5.41, 5.74) is 3.46. The van der Waals surface area contributed by atoms with Gasteiger partial charge in [-0.25, -0.2) is 14.6 Å². The van der Waals surface area contributed by atoms with Gasteiger partial charge < -0.3 is 14.5 Å². The van der Waals surface area contributed by atoms with Crippen molar-refractivity contribution in [3.8, 4) is 17.1 Å². The first-order valence-electron chi connectivity index (χ1n) is 12.9. The van der Waals surface area contributed by atoms with Crippen LogP contribution in [0, 0.1) is 5.92 Å². The summed E-state index contributed by atoms with van der Waals surface area (Å²) in [6.07, 6.45) is 11.8. The fourth-order valence-corrected chi connectivity index (χ4v) is 5.44. The summed E-state index contributed by atoms with van der Waals surface area (Å²) in [5.74, 6) is 1.21. The third-order valence-corrected chi connectivity index (χ3v) is 7.86. The van der Waals surface area contributed by atoms with Gasteiger partial charge in [-0.1, -0.05) is 33.3 Å². The van der Waals surface area contributed by atoms with Crippen LogP contribution in [0.1, 0.15) is 32.6 Å². The van der Waals surface area contributed by atoms with E-state index in [2.05, 4.69) is 73.2 Å². The van der Waals surface area contributed by atoms with Gasteiger partial charge >= 0.3 is 0 Å². The molecule has 0 aliphatic carbocycles. The molecular formula is C28H34BrN7O. The first-order valence-corrected chi connectivity index (χ1v) is 13.7. The summed E-state index contributed by atoms with van der Waals surface area (Å²) in [6, 6.07) is 8.16. The van der Waals surface area contributed by atoms with Crippen LogP contribution >= 0.6 is 15.9 Å². The van der Waals surface area contributed by atoms with Gasteiger partial charge in [0.25, 0.3) is 0 Å². The summed E-state index contributed by atoms with van der Waals surface area (Å²) in [5, 5.41) is 8.96. The molecule has 194 valence electrons. The van der Waals surface area contributed by atoms with Crippen molar-refractivity contribution in [3.05, 3.63) is 66.4 Å². The molecule has 1 unspecified atom stereocenters. The van der Waals surface area contributed by atoms with Gasteiger partial charge in [0.05, 0.1) is 35.5 Å². The number of benzene rings is 1. The van der Waals surface area contributed by atoms with E-state index >= 15 is 0 Å². The number of nitrogens with zero attached hydrogens (tertiary/aromatic N) is 7. The maximum Gasteiger partial charge on any atom is 0.225 e. The Kier molecular flexibility index (Phi) is 7.71. The molecule has 4 heterocycles. The largest absolute Gasteiger partial charge is 0.371 e. The van der Waals surface area contributed by atoms with Gasteiger partial charge in [0.15, 0.2) is 0 Å². The highest BCUT2D eigenvalue weighted by Crippen LogP contribution is 2.34. The van der Waals surface area contributed by atoms with Crippen molar-refractivity contribution in [2.24, 2.45) is 5.92 Å². The summed E-state index contributed by atoms with van der Waals surface area (Å²) in [7, 11) is 0. The van der Waals surface area contributed by atoms with Crippen molar-refractivity contribution in [2.45, 2.75) is 38.2 Å². The number of aromatic nitrogens is 5. The quantitative estimate of drug-likeness (QED) is 0.337. The van der Waals surface area contributed by atoms with E-state index in [1.165, 1.54) is 6.42 Å². The van der Waals surface area contributed by atoms with E-state index in [0.717, 1.165) is 78.6 Å². The molecule has 0 spiro atoms. The van der Waals surface area contributed by atoms with Crippen LogP contribution in [-0.2, 0) is 4.74 Å². The van der Waals surface area contributed by atoms with E-state index in [9.17, 15) is 0 Å². The predicted molar refractivity (Wildman–Crippen MR) is 151 cm³/mol. The summed E-state index contributed by atoms with van der Waals surface area (Å²) in [6.45, 7) is 14.2. The second kappa shape index (κ2) is 11.1. The van der Waals surface area contributed by atoms with Gasteiger partial charge in [-0.3, -0.25) is 0 Å². The zero-order valence-corrected chi connectivity index (χ0v) is 23.0. The van der Waals surface area contributed by atoms with Gasteiger partial charge in [0, 0.05) is 36.8 Å². The minimum atomic E-state index is -0.123. The average Bonchev–Trinajstić information content (AvgIpc) is 3.43. The Labute approximate surface area is 227 Å². The Bertz CT molecular complexity index is 1250. The van der Waals surface area contributed by atoms with Gasteiger partial charge in [0.1, 0.15) is 5.69 Å². The SMILES string of the molecule is C=CCOC1(C)CCN(c2cc(Br)ccc2-n2cc(-c3ccnc(N4CCCC(C=C)C4)n3)nn2)CC1. The second-order valence-corrected chi connectivity index (χ2v) is 11.0. The van der Waals surface area contributed by atoms with Crippen LogP contribution in [0.2, 0.25) is 0 Å². The number of rotatable bonds is 8. The molecule has 1 aromatic carbocycles. The van der Waals surface area contributed by atoms with Crippen molar-refractivity contribution in [1.29, 1.82) is 0 Å². The van der Waals surface area contributed by atoms with E-state index < -0.39 is 0 Å². The molecule has 2 saturated heterocycles. The minimum absolute atomic E-state index is 0.123. The number of anilines is 2. The fourth-order valence-electron chi connectivity index (χ4n) is 5.10. The third-order valence-electron chi connectivity index (χ3n) is 7.37. The third kappa shape index (κ3) is 5.78. The molecule has 1 atom stereocenters. The molecule has 9 heteroatoms. The Morgan fingerprint density at radius 2 is 1.95 bits per heavy atom. The molecule has 2 fully saturated rings. The van der Waals surface area contributed by atoms with Crippen LogP contribution in [0.3, 0.4) is 0 Å². The molecule has 37 heavy (non-hydrogen) atoms. The van der Waals surface area contributed by atoms with Crippen molar-refractivity contribution in [3.63, 3.8) is 0 Å². The molecule has 2 aliphatic heterocycles. The van der Waals surface area contributed by atoms with Gasteiger partial charge in [-0.15, -0.1) is 18.3 Å². The highest BCUT2D eigenvalue weighted by Gasteiger charge is 2.31. The molecule has 0 bridgehead atoms. The number of hydrogen-bond acceptors (Lipinski definition) is 7. The summed E-state index contributed by atoms with van der Waals surface area (Å²) in [4.78, 5) is 14.0. The van der Waals surface area contributed by atoms with Crippen LogP contribution in [0.5, 0.6) is 0 Å². The zero-order chi connectivity index (χ0) is 25.8. The topological polar surface area (TPSA) is 72.2 Å². The summed E-state index contributed by atoms with van der Waals surface area (Å²) < 4.78 is 8.93. The molecule has 0 radical (unpaired) electrons. The molecule has 0 saturated carbocycles. The van der Waals surface area contributed by atoms with E-state index in [4.69, 9.17) is 9.72 Å². The van der Waals surface area contributed by atoms with Crippen molar-refractivity contribution in [2.75, 3.05) is 42.6 Å². The Balaban J connectivity index is 1.37. The highest BCUT2D eigenvalue weighted by atomic mass is 79.9. The monoisotopic (exact) mass is 563 g/mol. The van der Waals surface area contributed by atoms with Crippen LogP contribution in [0.25, 0.3) is 17.1 Å². The Morgan fingerprint density at radius 3 is 2.73 bits per heavy atom. The predicted octanol–water partition coefficient (Wildman–Crippen LogP) is 5.45. The second-order valence-electron chi connectivity index (χ2n) is 10.0. The van der Waals surface area contributed by atoms with Crippen molar-refractivity contribution >= 4 is 27.6 Å². The molecule has 0 amide bonds. The smallest absolute Gasteiger partial charge is 0.225 e. The molecular weight excluding hydrogens is 530 g/mol. The molecule has 2 aliphatic rings. The minimum Gasteiger partial charge on any atom is -0.371 e. The van der Waals surface area contributed by atoms with Crippen LogP contribution in [0.4, 0.5) is 11.6 Å². The standard InChI is InChI=1S/C28H34BrN7O/c1-4-17-37-28(3)11-15-34(16-12-28)26-18-22(29)8-9-25(26)36-20-24(32-33-36)23-10-13-30-27(31-23)35-14-6-7-21(5-2)19-35/h4-5,8-10,13,18,20-21H,1-2,6-7,11-12,14-17,19H2,3H3. The molecule has 2 aromatic heterocycles. The molecule has 3 aromatic rings. The first-order chi connectivity index (χ1) is 18.0. The van der Waals surface area contributed by atoms with Crippen molar-refractivity contribution in [1.82, 2.24) is 25.0 Å². The van der Waals surface area contributed by atoms with E-state index in [0.29, 0.717) is 12.5 Å². The number of halogens is 1. The fraction of sp³-hybridized carbons (Fsp3) is 0.429. The van der Waals surface area contributed by atoms with E-state index in [1.54, 1.807) is 6.20 Å². The molecule has 5 rings (SSSR count).